The Hall–Kier alpha value is -3.66. The maximum atomic E-state index is 13.1. The third-order valence-electron chi connectivity index (χ3n) is 5.55. The van der Waals surface area contributed by atoms with Crippen LogP contribution in [0.1, 0.15) is 50.4 Å². The van der Waals surface area contributed by atoms with E-state index < -0.39 is 29.7 Å². The SMILES string of the molecule is O=C1CCC(N2C(=O)c3cccc(CNc4ncc5c(n4)CNC5)c3C2=O)C(=O)N1. The first-order valence-electron chi connectivity index (χ1n) is 9.66. The fourth-order valence-corrected chi connectivity index (χ4v) is 4.05. The van der Waals surface area contributed by atoms with Crippen LogP contribution in [0.25, 0.3) is 0 Å². The van der Waals surface area contributed by atoms with Crippen molar-refractivity contribution in [3.63, 3.8) is 0 Å². The van der Waals surface area contributed by atoms with Crippen LogP contribution in [0.4, 0.5) is 5.95 Å². The van der Waals surface area contributed by atoms with E-state index in [2.05, 4.69) is 25.9 Å². The topological polar surface area (TPSA) is 133 Å². The van der Waals surface area contributed by atoms with Gasteiger partial charge in [0.15, 0.2) is 0 Å². The number of nitrogens with one attached hydrogen (secondary N) is 3. The second-order valence-corrected chi connectivity index (χ2v) is 7.41. The molecule has 1 fully saturated rings. The largest absolute Gasteiger partial charge is 0.350 e. The highest BCUT2D eigenvalue weighted by Crippen LogP contribution is 2.30. The molecule has 3 aliphatic rings. The van der Waals surface area contributed by atoms with Crippen LogP contribution in [-0.4, -0.2) is 44.5 Å². The third kappa shape index (κ3) is 2.92. The Morgan fingerprint density at radius 1 is 1.13 bits per heavy atom. The number of carbonyl (C=O) groups is 4. The van der Waals surface area contributed by atoms with Crippen LogP contribution in [0.15, 0.2) is 24.4 Å². The molecule has 3 N–H and O–H groups in total. The van der Waals surface area contributed by atoms with Crippen LogP contribution in [0.3, 0.4) is 0 Å². The van der Waals surface area contributed by atoms with Gasteiger partial charge in [-0.1, -0.05) is 12.1 Å². The number of rotatable bonds is 4. The van der Waals surface area contributed by atoms with E-state index in [0.29, 0.717) is 18.1 Å². The molecule has 152 valence electrons. The Kier molecular flexibility index (Phi) is 4.28. The second kappa shape index (κ2) is 6.99. The molecule has 0 radical (unpaired) electrons. The molecule has 1 aromatic carbocycles. The fourth-order valence-electron chi connectivity index (χ4n) is 4.05. The van der Waals surface area contributed by atoms with E-state index in [-0.39, 0.29) is 30.5 Å². The molecule has 1 saturated heterocycles. The minimum Gasteiger partial charge on any atom is -0.350 e. The van der Waals surface area contributed by atoms with Gasteiger partial charge < -0.3 is 10.6 Å². The minimum atomic E-state index is -0.983. The van der Waals surface area contributed by atoms with Crippen molar-refractivity contribution in [1.29, 1.82) is 0 Å². The van der Waals surface area contributed by atoms with Crippen molar-refractivity contribution in [2.75, 3.05) is 5.32 Å². The molecule has 30 heavy (non-hydrogen) atoms. The van der Waals surface area contributed by atoms with Crippen LogP contribution in [-0.2, 0) is 29.2 Å². The van der Waals surface area contributed by atoms with Crippen LogP contribution in [0.5, 0.6) is 0 Å². The second-order valence-electron chi connectivity index (χ2n) is 7.41. The van der Waals surface area contributed by atoms with Crippen LogP contribution >= 0.6 is 0 Å². The van der Waals surface area contributed by atoms with Gasteiger partial charge in [-0.15, -0.1) is 0 Å². The highest BCUT2D eigenvalue weighted by Gasteiger charge is 2.45. The summed E-state index contributed by atoms with van der Waals surface area (Å²) in [4.78, 5) is 59.3. The number of hydrogen-bond acceptors (Lipinski definition) is 8. The summed E-state index contributed by atoms with van der Waals surface area (Å²) in [5.41, 5.74) is 3.12. The first kappa shape index (κ1) is 18.4. The highest BCUT2D eigenvalue weighted by molar-refractivity contribution is 6.24. The van der Waals surface area contributed by atoms with Gasteiger partial charge in [0, 0.05) is 37.8 Å². The first-order valence-corrected chi connectivity index (χ1v) is 9.66. The van der Waals surface area contributed by atoms with Crippen LogP contribution < -0.4 is 16.0 Å². The molecule has 0 aliphatic carbocycles. The van der Waals surface area contributed by atoms with E-state index in [1.54, 1.807) is 24.4 Å². The van der Waals surface area contributed by atoms with Gasteiger partial charge >= 0.3 is 0 Å². The number of anilines is 1. The Morgan fingerprint density at radius 2 is 2.00 bits per heavy atom. The smallest absolute Gasteiger partial charge is 0.262 e. The molecule has 0 bridgehead atoms. The summed E-state index contributed by atoms with van der Waals surface area (Å²) in [7, 11) is 0. The molecule has 1 atom stereocenters. The lowest BCUT2D eigenvalue weighted by Gasteiger charge is -2.27. The Bertz CT molecular complexity index is 1110. The quantitative estimate of drug-likeness (QED) is 0.609. The number of carbonyl (C=O) groups excluding carboxylic acids is 4. The predicted molar refractivity (Wildman–Crippen MR) is 103 cm³/mol. The number of imide groups is 2. The Balaban J connectivity index is 1.39. The van der Waals surface area contributed by atoms with E-state index in [1.165, 1.54) is 0 Å². The molecule has 2 aromatic rings. The van der Waals surface area contributed by atoms with Crippen molar-refractivity contribution >= 4 is 29.6 Å². The molecule has 4 heterocycles. The average molecular weight is 406 g/mol. The van der Waals surface area contributed by atoms with Gasteiger partial charge in [-0.05, 0) is 18.1 Å². The zero-order chi connectivity index (χ0) is 20.8. The summed E-state index contributed by atoms with van der Waals surface area (Å²) in [5, 5.41) is 8.51. The lowest BCUT2D eigenvalue weighted by Crippen LogP contribution is -2.54. The number of piperidine rings is 1. The molecule has 10 nitrogen and oxygen atoms in total. The molecule has 3 aliphatic heterocycles. The molecule has 0 spiro atoms. The summed E-state index contributed by atoms with van der Waals surface area (Å²) >= 11 is 0. The number of amides is 4. The van der Waals surface area contributed by atoms with Gasteiger partial charge in [0.1, 0.15) is 6.04 Å². The first-order chi connectivity index (χ1) is 14.5. The van der Waals surface area contributed by atoms with Crippen molar-refractivity contribution in [3.05, 3.63) is 52.3 Å². The van der Waals surface area contributed by atoms with E-state index in [1.807, 2.05) is 0 Å². The molecule has 4 amide bonds. The van der Waals surface area contributed by atoms with Gasteiger partial charge in [-0.25, -0.2) is 9.97 Å². The molecule has 1 unspecified atom stereocenters. The van der Waals surface area contributed by atoms with Crippen LogP contribution in [0.2, 0.25) is 0 Å². The zero-order valence-electron chi connectivity index (χ0n) is 15.9. The van der Waals surface area contributed by atoms with E-state index >= 15 is 0 Å². The van der Waals surface area contributed by atoms with E-state index in [0.717, 1.165) is 22.7 Å². The standard InChI is InChI=1S/C20H18N6O4/c27-15-5-4-14(17(28)25-15)26-18(29)12-3-1-2-10(16(12)19(26)30)7-22-20-23-8-11-6-21-9-13(11)24-20/h1-3,8,14,21H,4-7,9H2,(H,22,23,24)(H,25,27,28). The van der Waals surface area contributed by atoms with E-state index in [9.17, 15) is 19.2 Å². The third-order valence-corrected chi connectivity index (χ3v) is 5.55. The summed E-state index contributed by atoms with van der Waals surface area (Å²) in [5.74, 6) is -1.64. The maximum absolute atomic E-state index is 13.1. The van der Waals surface area contributed by atoms with Crippen molar-refractivity contribution in [2.45, 2.75) is 38.5 Å². The van der Waals surface area contributed by atoms with Gasteiger partial charge in [0.25, 0.3) is 11.8 Å². The lowest BCUT2D eigenvalue weighted by atomic mass is 10.0. The maximum Gasteiger partial charge on any atom is 0.262 e. The van der Waals surface area contributed by atoms with Crippen molar-refractivity contribution in [1.82, 2.24) is 25.5 Å². The summed E-state index contributed by atoms with van der Waals surface area (Å²) < 4.78 is 0. The molecule has 10 heteroatoms. The van der Waals surface area contributed by atoms with Gasteiger partial charge in [0.2, 0.25) is 17.8 Å². The average Bonchev–Trinajstić information content (AvgIpc) is 3.30. The zero-order valence-corrected chi connectivity index (χ0v) is 15.9. The van der Waals surface area contributed by atoms with Gasteiger partial charge in [-0.2, -0.15) is 0 Å². The van der Waals surface area contributed by atoms with E-state index in [4.69, 9.17) is 0 Å². The monoisotopic (exact) mass is 406 g/mol. The number of nitrogens with zero attached hydrogens (tertiary/aromatic N) is 3. The summed E-state index contributed by atoms with van der Waals surface area (Å²) in [6.45, 7) is 1.67. The number of fused-ring (bicyclic) bond motifs is 2. The Morgan fingerprint density at radius 3 is 2.83 bits per heavy atom. The van der Waals surface area contributed by atoms with Crippen molar-refractivity contribution < 1.29 is 19.2 Å². The predicted octanol–water partition coefficient (Wildman–Crippen LogP) is 0.0931. The molecular weight excluding hydrogens is 388 g/mol. The fraction of sp³-hybridized carbons (Fsp3) is 0.300. The molecule has 1 aromatic heterocycles. The van der Waals surface area contributed by atoms with Crippen molar-refractivity contribution in [3.8, 4) is 0 Å². The lowest BCUT2D eigenvalue weighted by molar-refractivity contribution is -0.136. The normalized spacial score (nSPS) is 20.3. The summed E-state index contributed by atoms with van der Waals surface area (Å²) in [6, 6.07) is 4.04. The van der Waals surface area contributed by atoms with Crippen LogP contribution in [0, 0.1) is 0 Å². The number of benzene rings is 1. The van der Waals surface area contributed by atoms with Crippen molar-refractivity contribution in [2.24, 2.45) is 0 Å². The Labute approximate surface area is 171 Å². The van der Waals surface area contributed by atoms with Gasteiger partial charge in [-0.3, -0.25) is 29.4 Å². The molecule has 5 rings (SSSR count). The number of aromatic nitrogens is 2. The number of hydrogen-bond donors (Lipinski definition) is 3. The molecule has 0 saturated carbocycles. The van der Waals surface area contributed by atoms with Gasteiger partial charge in [0.05, 0.1) is 16.8 Å². The highest BCUT2D eigenvalue weighted by atomic mass is 16.2. The summed E-state index contributed by atoms with van der Waals surface area (Å²) in [6.07, 6.45) is 1.98. The minimum absolute atomic E-state index is 0.0861. The molecular formula is C20H18N6O4.